The summed E-state index contributed by atoms with van der Waals surface area (Å²) in [7, 11) is 0. The van der Waals surface area contributed by atoms with E-state index in [1.54, 1.807) is 0 Å². The fourth-order valence-electron chi connectivity index (χ4n) is 6.74. The van der Waals surface area contributed by atoms with Crippen molar-refractivity contribution in [3.63, 3.8) is 0 Å². The van der Waals surface area contributed by atoms with Gasteiger partial charge in [0.2, 0.25) is 0 Å². The number of hydrogen-bond donors (Lipinski definition) is 0. The maximum Gasteiger partial charge on any atom is 0.311 e. The van der Waals surface area contributed by atoms with Crippen molar-refractivity contribution in [3.05, 3.63) is 28.8 Å². The van der Waals surface area contributed by atoms with Gasteiger partial charge in [-0.25, -0.2) is 0 Å². The molecule has 2 heterocycles. The van der Waals surface area contributed by atoms with Crippen LogP contribution in [0.15, 0.2) is 17.7 Å². The van der Waals surface area contributed by atoms with Gasteiger partial charge in [0.25, 0.3) is 0 Å². The molecule has 1 fully saturated rings. The number of nitrogens with zero attached hydrogens (tertiary/aromatic N) is 1. The Morgan fingerprint density at radius 1 is 1.13 bits per heavy atom. The van der Waals surface area contributed by atoms with Gasteiger partial charge < -0.3 is 14.4 Å². The number of unbranched alkanes of at least 4 members (excludes halogenated alkanes) is 2. The maximum atomic E-state index is 13.1. The van der Waals surface area contributed by atoms with Crippen molar-refractivity contribution in [2.24, 2.45) is 11.8 Å². The van der Waals surface area contributed by atoms with Crippen molar-refractivity contribution in [1.29, 1.82) is 0 Å². The van der Waals surface area contributed by atoms with Gasteiger partial charge >= 0.3 is 5.97 Å². The van der Waals surface area contributed by atoms with Crippen LogP contribution in [0.3, 0.4) is 0 Å². The van der Waals surface area contributed by atoms with Gasteiger partial charge in [-0.1, -0.05) is 53.4 Å². The Morgan fingerprint density at radius 3 is 2.58 bits per heavy atom. The molecule has 1 aromatic carbocycles. The third kappa shape index (κ3) is 7.16. The number of hydrogen-bond acceptors (Lipinski definition) is 4. The first-order valence-corrected chi connectivity index (χ1v) is 15.2. The quantitative estimate of drug-likeness (QED) is 0.158. The van der Waals surface area contributed by atoms with E-state index in [2.05, 4.69) is 58.6 Å². The fourth-order valence-corrected chi connectivity index (χ4v) is 6.74. The minimum atomic E-state index is -0.331. The van der Waals surface area contributed by atoms with E-state index in [-0.39, 0.29) is 24.0 Å². The molecular formula is C33H52ClNO3. The van der Waals surface area contributed by atoms with Gasteiger partial charge in [0.05, 0.1) is 5.56 Å². The van der Waals surface area contributed by atoms with Crippen LogP contribution in [0, 0.1) is 11.8 Å². The summed E-state index contributed by atoms with van der Waals surface area (Å²) in [4.78, 5) is 15.6. The summed E-state index contributed by atoms with van der Waals surface area (Å²) in [6.07, 6.45) is 12.3. The van der Waals surface area contributed by atoms with Crippen LogP contribution in [0.25, 0.3) is 5.57 Å². The predicted octanol–water partition coefficient (Wildman–Crippen LogP) is 8.95. The number of carbonyl (C=O) groups is 1. The molecule has 38 heavy (non-hydrogen) atoms. The minimum Gasteiger partial charge on any atom is -0.483 e. The molecule has 0 saturated carbocycles. The molecule has 5 heteroatoms. The molecule has 1 saturated heterocycles. The van der Waals surface area contributed by atoms with E-state index in [1.165, 1.54) is 81.2 Å². The number of likely N-dealkylation sites (tertiary alicyclic amines) is 1. The van der Waals surface area contributed by atoms with Gasteiger partial charge in [-0.15, -0.1) is 12.4 Å². The highest BCUT2D eigenvalue weighted by Gasteiger charge is 2.40. The molecule has 2 aliphatic heterocycles. The lowest BCUT2D eigenvalue weighted by molar-refractivity contribution is -0.134. The van der Waals surface area contributed by atoms with Crippen molar-refractivity contribution in [3.8, 4) is 11.5 Å². The lowest BCUT2D eigenvalue weighted by atomic mass is 9.72. The first-order chi connectivity index (χ1) is 17.7. The second kappa shape index (κ2) is 13.7. The van der Waals surface area contributed by atoms with E-state index >= 15 is 0 Å². The maximum absolute atomic E-state index is 13.1. The molecule has 4 rings (SSSR count). The van der Waals surface area contributed by atoms with Crippen molar-refractivity contribution >= 4 is 23.9 Å². The van der Waals surface area contributed by atoms with Crippen molar-refractivity contribution in [1.82, 2.24) is 4.90 Å². The van der Waals surface area contributed by atoms with E-state index in [4.69, 9.17) is 9.47 Å². The van der Waals surface area contributed by atoms with E-state index in [9.17, 15) is 4.79 Å². The van der Waals surface area contributed by atoms with Crippen LogP contribution in [-0.4, -0.2) is 36.1 Å². The third-order valence-electron chi connectivity index (χ3n) is 9.25. The first-order valence-electron chi connectivity index (χ1n) is 15.2. The second-order valence-corrected chi connectivity index (χ2v) is 12.6. The Bertz CT molecular complexity index is 979. The topological polar surface area (TPSA) is 38.8 Å². The number of allylic oxidation sites excluding steroid dienone is 1. The van der Waals surface area contributed by atoms with E-state index < -0.39 is 0 Å². The standard InChI is InChI=1S/C33H51NO3.ClH/c1-7-8-9-14-23(2)25(4)26-21-28(36-30(35)17-13-20-34-18-10-11-19-34)32-29(22-26)37-33(5,6)27-16-12-15-24(3)31(27)32;/h21-25H,7-20H2,1-6H3;1H. The minimum absolute atomic E-state index is 0. The number of ether oxygens (including phenoxy) is 2. The Kier molecular flexibility index (Phi) is 11.2. The number of halogens is 1. The zero-order valence-corrected chi connectivity index (χ0v) is 25.7. The Hall–Kier alpha value is -1.52. The number of carbonyl (C=O) groups excluding carboxylic acids is 1. The van der Waals surface area contributed by atoms with Crippen LogP contribution in [0.4, 0.5) is 0 Å². The lowest BCUT2D eigenvalue weighted by Crippen LogP contribution is -2.37. The summed E-state index contributed by atoms with van der Waals surface area (Å²) in [5.41, 5.74) is 4.70. The van der Waals surface area contributed by atoms with Gasteiger partial charge in [-0.05, 0) is 119 Å². The summed E-state index contributed by atoms with van der Waals surface area (Å²) in [6.45, 7) is 17.0. The largest absolute Gasteiger partial charge is 0.483 e. The smallest absolute Gasteiger partial charge is 0.311 e. The average molecular weight is 546 g/mol. The zero-order valence-electron chi connectivity index (χ0n) is 24.9. The number of fused-ring (bicyclic) bond motifs is 2. The monoisotopic (exact) mass is 545 g/mol. The van der Waals surface area contributed by atoms with Crippen molar-refractivity contribution in [2.75, 3.05) is 19.6 Å². The Morgan fingerprint density at radius 2 is 1.87 bits per heavy atom. The number of rotatable bonds is 11. The molecule has 4 nitrogen and oxygen atoms in total. The summed E-state index contributed by atoms with van der Waals surface area (Å²) in [6, 6.07) is 4.43. The van der Waals surface area contributed by atoms with Crippen LogP contribution >= 0.6 is 12.4 Å². The van der Waals surface area contributed by atoms with Gasteiger partial charge in [-0.3, -0.25) is 4.79 Å². The van der Waals surface area contributed by atoms with Gasteiger partial charge in [0, 0.05) is 6.42 Å². The Balaban J connectivity index is 0.00000400. The normalized spacial score (nSPS) is 22.1. The molecule has 1 aliphatic carbocycles. The highest BCUT2D eigenvalue weighted by atomic mass is 35.5. The summed E-state index contributed by atoms with van der Waals surface area (Å²) < 4.78 is 13.0. The van der Waals surface area contributed by atoms with Gasteiger partial charge in [0.15, 0.2) is 0 Å². The zero-order chi connectivity index (χ0) is 26.6. The van der Waals surface area contributed by atoms with Crippen LogP contribution < -0.4 is 9.47 Å². The second-order valence-electron chi connectivity index (χ2n) is 12.6. The van der Waals surface area contributed by atoms with E-state index in [0.717, 1.165) is 36.4 Å². The Labute approximate surface area is 238 Å². The molecule has 0 amide bonds. The summed E-state index contributed by atoms with van der Waals surface area (Å²) in [5.74, 6) is 2.90. The molecule has 0 N–H and O–H groups in total. The molecule has 1 aromatic rings. The summed E-state index contributed by atoms with van der Waals surface area (Å²) >= 11 is 0. The van der Waals surface area contributed by atoms with E-state index in [0.29, 0.717) is 24.2 Å². The molecule has 0 spiro atoms. The third-order valence-corrected chi connectivity index (χ3v) is 9.25. The molecule has 0 aromatic heterocycles. The number of esters is 1. The first kappa shape index (κ1) is 31.0. The lowest BCUT2D eigenvalue weighted by Gasteiger charge is -2.42. The predicted molar refractivity (Wildman–Crippen MR) is 161 cm³/mol. The highest BCUT2D eigenvalue weighted by molar-refractivity contribution is 5.85. The summed E-state index contributed by atoms with van der Waals surface area (Å²) in [5, 5.41) is 0. The number of benzene rings is 1. The molecule has 214 valence electrons. The SMILES string of the molecule is CCCCCC(C)C(C)c1cc(OC(=O)CCCN2CCCC2)c2c(c1)OC(C)(C)C1=C2C(C)CCC1.Cl. The molecule has 3 atom stereocenters. The van der Waals surface area contributed by atoms with E-state index in [1.807, 2.05) is 0 Å². The van der Waals surface area contributed by atoms with Gasteiger partial charge in [-0.2, -0.15) is 0 Å². The highest BCUT2D eigenvalue weighted by Crippen LogP contribution is 2.53. The van der Waals surface area contributed by atoms with Gasteiger partial charge in [0.1, 0.15) is 17.1 Å². The van der Waals surface area contributed by atoms with Crippen LogP contribution in [0.5, 0.6) is 11.5 Å². The molecular weight excluding hydrogens is 494 g/mol. The van der Waals surface area contributed by atoms with Crippen LogP contribution in [0.2, 0.25) is 0 Å². The van der Waals surface area contributed by atoms with Crippen molar-refractivity contribution in [2.45, 2.75) is 124 Å². The van der Waals surface area contributed by atoms with Crippen LogP contribution in [0.1, 0.15) is 129 Å². The van der Waals surface area contributed by atoms with Crippen molar-refractivity contribution < 1.29 is 14.3 Å². The molecule has 3 aliphatic rings. The average Bonchev–Trinajstić information content (AvgIpc) is 3.37. The molecule has 0 bridgehead atoms. The molecule has 0 radical (unpaired) electrons. The fraction of sp³-hybridized carbons (Fsp3) is 0.727. The van der Waals surface area contributed by atoms with Crippen LogP contribution in [-0.2, 0) is 4.79 Å². The molecule has 3 unspecified atom stereocenters.